The van der Waals surface area contributed by atoms with E-state index in [1.807, 2.05) is 0 Å². The first-order chi connectivity index (χ1) is 30.6. The number of pyridine rings is 1. The van der Waals surface area contributed by atoms with E-state index in [0.717, 1.165) is 56.9 Å². The Labute approximate surface area is 386 Å². The molecule has 7 aromatic rings. The first-order valence-electron chi connectivity index (χ1n) is 23.4. The van der Waals surface area contributed by atoms with Crippen LogP contribution >= 0.6 is 0 Å². The summed E-state index contributed by atoms with van der Waals surface area (Å²) in [7, 11) is 2.15. The molecule has 65 heavy (non-hydrogen) atoms. The molecular weight excluding hydrogens is 793 g/mol. The van der Waals surface area contributed by atoms with Crippen LogP contribution in [0.1, 0.15) is 111 Å². The number of nitrogens with zero attached hydrogens (tertiary/aromatic N) is 3. The van der Waals surface area contributed by atoms with E-state index in [9.17, 15) is 0 Å². The molecular formula is C59H61BN3O2+. The van der Waals surface area contributed by atoms with Crippen molar-refractivity contribution in [1.29, 1.82) is 0 Å². The van der Waals surface area contributed by atoms with Crippen LogP contribution in [-0.4, -0.2) is 6.71 Å². The van der Waals surface area contributed by atoms with Gasteiger partial charge in [-0.15, -0.1) is 0 Å². The molecule has 0 radical (unpaired) electrons. The van der Waals surface area contributed by atoms with Gasteiger partial charge in [-0.25, -0.2) is 4.57 Å². The number of hydrogen-bond acceptors (Lipinski definition) is 4. The van der Waals surface area contributed by atoms with Crippen LogP contribution < -0.4 is 40.2 Å². The molecule has 0 atom stereocenters. The Morgan fingerprint density at radius 1 is 0.462 bits per heavy atom. The molecule has 0 amide bonds. The highest BCUT2D eigenvalue weighted by molar-refractivity contribution is 7.00. The minimum absolute atomic E-state index is 0.0514. The summed E-state index contributed by atoms with van der Waals surface area (Å²) in [5, 5.41) is 0. The summed E-state index contributed by atoms with van der Waals surface area (Å²) in [6, 6.07) is 41.6. The summed E-state index contributed by atoms with van der Waals surface area (Å²) in [6.07, 6.45) is 2.21. The van der Waals surface area contributed by atoms with Crippen LogP contribution in [0.25, 0.3) is 22.4 Å². The van der Waals surface area contributed by atoms with Crippen LogP contribution in [0.5, 0.6) is 23.0 Å². The van der Waals surface area contributed by atoms with Crippen LogP contribution in [0.4, 0.5) is 34.1 Å². The van der Waals surface area contributed by atoms with Gasteiger partial charge >= 0.3 is 0 Å². The number of aromatic nitrogens is 1. The van der Waals surface area contributed by atoms with E-state index in [0.29, 0.717) is 0 Å². The largest absolute Gasteiger partial charge is 0.453 e. The fourth-order valence-electron chi connectivity index (χ4n) is 10.5. The van der Waals surface area contributed by atoms with Crippen LogP contribution in [0, 0.1) is 6.92 Å². The van der Waals surface area contributed by atoms with Crippen molar-refractivity contribution in [3.8, 4) is 45.4 Å². The van der Waals surface area contributed by atoms with Gasteiger partial charge in [0.1, 0.15) is 7.05 Å². The van der Waals surface area contributed by atoms with Crippen molar-refractivity contribution in [3.05, 3.63) is 143 Å². The number of anilines is 6. The molecule has 1 aromatic heterocycles. The third-order valence-corrected chi connectivity index (χ3v) is 14.4. The lowest BCUT2D eigenvalue weighted by molar-refractivity contribution is -0.660. The zero-order valence-corrected chi connectivity index (χ0v) is 40.7. The molecule has 6 aromatic carbocycles. The molecule has 11 rings (SSSR count). The maximum Gasteiger partial charge on any atom is 0.252 e. The topological polar surface area (TPSA) is 28.8 Å². The predicted octanol–water partition coefficient (Wildman–Crippen LogP) is 13.6. The lowest BCUT2D eigenvalue weighted by atomic mass is 9.33. The van der Waals surface area contributed by atoms with Crippen molar-refractivity contribution in [2.45, 2.75) is 112 Å². The highest BCUT2D eigenvalue weighted by Crippen LogP contribution is 2.58. The quantitative estimate of drug-likeness (QED) is 0.128. The average molecular weight is 855 g/mol. The smallest absolute Gasteiger partial charge is 0.252 e. The highest BCUT2D eigenvalue weighted by atomic mass is 16.5. The monoisotopic (exact) mass is 854 g/mol. The van der Waals surface area contributed by atoms with Crippen molar-refractivity contribution in [2.75, 3.05) is 9.80 Å². The molecule has 0 spiro atoms. The van der Waals surface area contributed by atoms with Gasteiger partial charge in [0.2, 0.25) is 5.69 Å². The zero-order chi connectivity index (χ0) is 45.9. The van der Waals surface area contributed by atoms with E-state index < -0.39 is 0 Å². The molecule has 0 aliphatic carbocycles. The van der Waals surface area contributed by atoms with Gasteiger partial charge in [0.25, 0.3) is 6.71 Å². The van der Waals surface area contributed by atoms with E-state index in [-0.39, 0.29) is 28.4 Å². The van der Waals surface area contributed by atoms with Gasteiger partial charge in [-0.1, -0.05) is 126 Å². The van der Waals surface area contributed by atoms with E-state index in [1.165, 1.54) is 66.8 Å². The van der Waals surface area contributed by atoms with E-state index in [2.05, 4.69) is 227 Å². The van der Waals surface area contributed by atoms with Crippen LogP contribution in [0.15, 0.2) is 115 Å². The van der Waals surface area contributed by atoms with Crippen molar-refractivity contribution >= 4 is 57.2 Å². The normalized spacial score (nSPS) is 14.5. The van der Waals surface area contributed by atoms with Crippen LogP contribution in [0.2, 0.25) is 0 Å². The van der Waals surface area contributed by atoms with Crippen molar-refractivity contribution < 1.29 is 14.0 Å². The molecule has 0 N–H and O–H groups in total. The Bertz CT molecular complexity index is 3030. The third kappa shape index (κ3) is 6.37. The van der Waals surface area contributed by atoms with Crippen LogP contribution in [-0.2, 0) is 28.7 Å². The second-order valence-corrected chi connectivity index (χ2v) is 23.2. The Hall–Kier alpha value is -6.27. The SMILES string of the molecule is Cc1ccccc1-c1cc(-c2cc3c4c(c2)N2c5ccc(C(C)(C)C)cc5Oc5cc(C(C)(C)C)cc(c52)B4c2cc(C(C)(C)C)cc4c2N3c2ccc(C(C)(C)C)cc2O4)cc[n+]1C. The minimum atomic E-state index is -0.126. The number of fused-ring (bicyclic) bond motifs is 8. The molecule has 5 heterocycles. The number of hydrogen-bond donors (Lipinski definition) is 0. The summed E-state index contributed by atoms with van der Waals surface area (Å²) >= 11 is 0. The molecule has 0 bridgehead atoms. The summed E-state index contributed by atoms with van der Waals surface area (Å²) in [5.41, 5.74) is 21.1. The Kier molecular flexibility index (Phi) is 8.69. The fraction of sp³-hybridized carbons (Fsp3) is 0.305. The van der Waals surface area contributed by atoms with Crippen molar-refractivity contribution in [1.82, 2.24) is 0 Å². The summed E-state index contributed by atoms with van der Waals surface area (Å²) in [6.45, 7) is 29.7. The maximum absolute atomic E-state index is 7.20. The standard InChI is InChI=1S/C59H61BN3O2/c1-34-17-15-16-18-41(34)46-25-35(23-24-61(46)14)36-26-47-53-48(27-36)63-45-22-20-38(57(5,6)7)31-50(45)65-52-33-40(59(11,12)13)29-43(55(52)63)60(53)42-28-39(58(8,9)10)32-51-54(42)62(47)44-21-19-37(56(2,3)4)30-49(44)64-51/h15-33H,1-14H3/q+1. The summed E-state index contributed by atoms with van der Waals surface area (Å²) in [5.74, 6) is 3.56. The van der Waals surface area contributed by atoms with Gasteiger partial charge in [0, 0.05) is 29.1 Å². The van der Waals surface area contributed by atoms with Crippen molar-refractivity contribution in [3.63, 3.8) is 0 Å². The molecule has 5 nitrogen and oxygen atoms in total. The lowest BCUT2D eigenvalue weighted by Crippen LogP contribution is -2.62. The first-order valence-corrected chi connectivity index (χ1v) is 23.4. The zero-order valence-electron chi connectivity index (χ0n) is 40.7. The first kappa shape index (κ1) is 41.4. The van der Waals surface area contributed by atoms with Gasteiger partial charge < -0.3 is 19.3 Å². The molecule has 0 saturated carbocycles. The molecule has 326 valence electrons. The van der Waals surface area contributed by atoms with Gasteiger partial charge in [-0.3, -0.25) is 0 Å². The van der Waals surface area contributed by atoms with Crippen molar-refractivity contribution in [2.24, 2.45) is 7.05 Å². The van der Waals surface area contributed by atoms with Crippen LogP contribution in [0.3, 0.4) is 0 Å². The highest BCUT2D eigenvalue weighted by Gasteiger charge is 2.49. The second-order valence-electron chi connectivity index (χ2n) is 23.2. The Morgan fingerprint density at radius 2 is 0.923 bits per heavy atom. The van der Waals surface area contributed by atoms with Gasteiger partial charge in [-0.05, 0) is 139 Å². The second kappa shape index (κ2) is 13.6. The molecule has 0 unspecified atom stereocenters. The molecule has 0 saturated heterocycles. The summed E-state index contributed by atoms with van der Waals surface area (Å²) in [4.78, 5) is 5.08. The lowest BCUT2D eigenvalue weighted by Gasteiger charge is -2.48. The number of rotatable bonds is 2. The molecule has 6 heteroatoms. The van der Waals surface area contributed by atoms with E-state index in [4.69, 9.17) is 9.47 Å². The Balaban J connectivity index is 1.28. The molecule has 4 aliphatic rings. The number of benzene rings is 6. The molecule has 4 aliphatic heterocycles. The third-order valence-electron chi connectivity index (χ3n) is 14.4. The number of ether oxygens (including phenoxy) is 2. The van der Waals surface area contributed by atoms with E-state index in [1.54, 1.807) is 0 Å². The number of aryl methyl sites for hydroxylation is 2. The predicted molar refractivity (Wildman–Crippen MR) is 272 cm³/mol. The average Bonchev–Trinajstić information content (AvgIpc) is 3.23. The fourth-order valence-corrected chi connectivity index (χ4v) is 10.5. The van der Waals surface area contributed by atoms with Gasteiger partial charge in [-0.2, -0.15) is 0 Å². The summed E-state index contributed by atoms with van der Waals surface area (Å²) < 4.78 is 16.7. The van der Waals surface area contributed by atoms with Gasteiger partial charge in [0.05, 0.1) is 22.7 Å². The minimum Gasteiger partial charge on any atom is -0.453 e. The molecule has 0 fully saturated rings. The van der Waals surface area contributed by atoms with E-state index >= 15 is 0 Å². The Morgan fingerprint density at radius 3 is 1.38 bits per heavy atom. The maximum atomic E-state index is 7.20. The van der Waals surface area contributed by atoms with Gasteiger partial charge in [0.15, 0.2) is 29.2 Å².